The fourth-order valence-corrected chi connectivity index (χ4v) is 5.91. The van der Waals surface area contributed by atoms with Gasteiger partial charge in [0.25, 0.3) is 5.56 Å². The highest BCUT2D eigenvalue weighted by Crippen LogP contribution is 2.31. The summed E-state index contributed by atoms with van der Waals surface area (Å²) in [5, 5.41) is 0.740. The first-order valence-electron chi connectivity index (χ1n) is 14.4. The van der Waals surface area contributed by atoms with Crippen LogP contribution in [0.2, 0.25) is 0 Å². The highest BCUT2D eigenvalue weighted by atomic mass is 16.6. The third-order valence-corrected chi connectivity index (χ3v) is 7.93. The van der Waals surface area contributed by atoms with E-state index < -0.39 is 5.60 Å². The highest BCUT2D eigenvalue weighted by molar-refractivity contribution is 5.82. The molecule has 1 aliphatic heterocycles. The lowest BCUT2D eigenvalue weighted by molar-refractivity contribution is 0.0138. The molecule has 0 radical (unpaired) electrons. The number of ether oxygens (including phenoxy) is 1. The molecular weight excluding hydrogens is 502 g/mol. The van der Waals surface area contributed by atoms with E-state index in [0.29, 0.717) is 36.8 Å². The van der Waals surface area contributed by atoms with E-state index in [-0.39, 0.29) is 23.7 Å². The van der Waals surface area contributed by atoms with Crippen molar-refractivity contribution in [1.29, 1.82) is 0 Å². The van der Waals surface area contributed by atoms with E-state index in [9.17, 15) is 9.59 Å². The van der Waals surface area contributed by atoms with Crippen LogP contribution in [0.15, 0.2) is 47.4 Å². The molecular formula is C32H39N5O3. The van der Waals surface area contributed by atoms with Crippen LogP contribution in [0.4, 0.5) is 10.7 Å². The summed E-state index contributed by atoms with van der Waals surface area (Å²) >= 11 is 0. The number of benzene rings is 1. The average Bonchev–Trinajstić information content (AvgIpc) is 3.47. The number of rotatable bonds is 6. The summed E-state index contributed by atoms with van der Waals surface area (Å²) in [7, 11) is 0. The third kappa shape index (κ3) is 6.14. The lowest BCUT2D eigenvalue weighted by Crippen LogP contribution is -2.50. The van der Waals surface area contributed by atoms with Gasteiger partial charge >= 0.3 is 6.09 Å². The number of nitrogens with zero attached hydrogens (tertiary/aromatic N) is 5. The van der Waals surface area contributed by atoms with Crippen LogP contribution < -0.4 is 10.5 Å². The molecule has 40 heavy (non-hydrogen) atoms. The average molecular weight is 542 g/mol. The summed E-state index contributed by atoms with van der Waals surface area (Å²) in [6.07, 6.45) is 13.7. The fraction of sp³-hybridized carbons (Fsp3) is 0.500. The van der Waals surface area contributed by atoms with E-state index in [4.69, 9.17) is 16.1 Å². The number of hydrogen-bond acceptors (Lipinski definition) is 6. The Kier molecular flexibility index (Phi) is 8.11. The molecule has 1 amide bonds. The van der Waals surface area contributed by atoms with Gasteiger partial charge in [-0.3, -0.25) is 9.36 Å². The number of amides is 1. The number of terminal acetylenes is 1. The van der Waals surface area contributed by atoms with Gasteiger partial charge in [-0.05, 0) is 58.4 Å². The van der Waals surface area contributed by atoms with E-state index >= 15 is 0 Å². The minimum absolute atomic E-state index is 0.0555. The first kappa shape index (κ1) is 27.7. The molecule has 1 aromatic carbocycles. The number of hydrogen-bond donors (Lipinski definition) is 0. The van der Waals surface area contributed by atoms with Gasteiger partial charge < -0.3 is 14.5 Å². The molecule has 0 spiro atoms. The number of aromatic nitrogens is 3. The van der Waals surface area contributed by atoms with Gasteiger partial charge in [-0.15, -0.1) is 6.42 Å². The summed E-state index contributed by atoms with van der Waals surface area (Å²) in [5.41, 5.74) is 1.69. The minimum atomic E-state index is -0.561. The number of pyridine rings is 1. The maximum atomic E-state index is 13.2. The van der Waals surface area contributed by atoms with Crippen molar-refractivity contribution in [2.45, 2.75) is 83.4 Å². The first-order chi connectivity index (χ1) is 19.2. The summed E-state index contributed by atoms with van der Waals surface area (Å²) in [4.78, 5) is 40.0. The smallest absolute Gasteiger partial charge is 0.410 e. The van der Waals surface area contributed by atoms with Crippen molar-refractivity contribution < 1.29 is 9.53 Å². The number of fused-ring (bicyclic) bond motifs is 1. The van der Waals surface area contributed by atoms with Crippen molar-refractivity contribution in [2.24, 2.45) is 0 Å². The van der Waals surface area contributed by atoms with Gasteiger partial charge in [0.05, 0.1) is 5.39 Å². The van der Waals surface area contributed by atoms with Gasteiger partial charge in [0.1, 0.15) is 11.2 Å². The molecule has 0 unspecified atom stereocenters. The first-order valence-corrected chi connectivity index (χ1v) is 14.4. The normalized spacial score (nSPS) is 16.7. The topological polar surface area (TPSA) is 80.6 Å². The number of anilines is 1. The Morgan fingerprint density at radius 3 is 2.48 bits per heavy atom. The maximum Gasteiger partial charge on any atom is 0.410 e. The van der Waals surface area contributed by atoms with Crippen molar-refractivity contribution in [3.8, 4) is 12.3 Å². The molecule has 3 heterocycles. The third-order valence-electron chi connectivity index (χ3n) is 7.93. The summed E-state index contributed by atoms with van der Waals surface area (Å²) in [6.45, 7) is 7.69. The predicted molar refractivity (Wildman–Crippen MR) is 158 cm³/mol. The van der Waals surface area contributed by atoms with Crippen LogP contribution in [0.1, 0.15) is 76.5 Å². The van der Waals surface area contributed by atoms with E-state index in [2.05, 4.69) is 27.9 Å². The van der Waals surface area contributed by atoms with Gasteiger partial charge in [-0.1, -0.05) is 49.1 Å². The van der Waals surface area contributed by atoms with Crippen LogP contribution in [0.25, 0.3) is 11.0 Å². The molecule has 3 aromatic rings. The molecule has 1 saturated carbocycles. The maximum absolute atomic E-state index is 13.2. The van der Waals surface area contributed by atoms with Crippen molar-refractivity contribution in [1.82, 2.24) is 19.4 Å². The quantitative estimate of drug-likeness (QED) is 0.392. The molecule has 1 saturated heterocycles. The fourth-order valence-electron chi connectivity index (χ4n) is 5.91. The second kappa shape index (κ2) is 11.7. The Balaban J connectivity index is 1.36. The summed E-state index contributed by atoms with van der Waals surface area (Å²) in [6, 6.07) is 12.0. The standard InChI is InChI=1S/C32H39N5O3/c1-5-24-21-28(38)37(26-13-9-10-14-26)29-27(24)22-33-30(34-29)35-18-16-25(17-19-35)36(31(39)40-32(2,3)4)20-15-23-11-7-6-8-12-23/h1,6-8,11-12,21-22,25-26H,9-10,13-20H2,2-4H3. The monoisotopic (exact) mass is 541 g/mol. The molecule has 8 heteroatoms. The lowest BCUT2D eigenvalue weighted by Gasteiger charge is -2.39. The van der Waals surface area contributed by atoms with Crippen LogP contribution >= 0.6 is 0 Å². The van der Waals surface area contributed by atoms with Gasteiger partial charge in [-0.25, -0.2) is 9.78 Å². The molecule has 210 valence electrons. The molecule has 2 aliphatic rings. The van der Waals surface area contributed by atoms with Crippen molar-refractivity contribution >= 4 is 23.1 Å². The van der Waals surface area contributed by atoms with Crippen molar-refractivity contribution in [3.05, 3.63) is 64.1 Å². The number of piperidine rings is 1. The van der Waals surface area contributed by atoms with E-state index in [1.54, 1.807) is 6.20 Å². The Bertz CT molecular complexity index is 1440. The Morgan fingerprint density at radius 1 is 1.12 bits per heavy atom. The molecule has 5 rings (SSSR count). The Hall–Kier alpha value is -3.86. The van der Waals surface area contributed by atoms with Crippen molar-refractivity contribution in [2.75, 3.05) is 24.5 Å². The molecule has 2 aromatic heterocycles. The number of carbonyl (C=O) groups excluding carboxylic acids is 1. The van der Waals surface area contributed by atoms with Gasteiger partial charge in [0.2, 0.25) is 5.95 Å². The second-order valence-electron chi connectivity index (χ2n) is 11.9. The molecule has 1 aliphatic carbocycles. The molecule has 0 N–H and O–H groups in total. The predicted octanol–water partition coefficient (Wildman–Crippen LogP) is 5.34. The van der Waals surface area contributed by atoms with Crippen LogP contribution in [-0.4, -0.2) is 56.8 Å². The second-order valence-corrected chi connectivity index (χ2v) is 11.9. The van der Waals surface area contributed by atoms with Crippen LogP contribution in [-0.2, 0) is 11.2 Å². The molecule has 0 atom stereocenters. The van der Waals surface area contributed by atoms with Gasteiger partial charge in [0, 0.05) is 49.5 Å². The van der Waals surface area contributed by atoms with Crippen molar-refractivity contribution in [3.63, 3.8) is 0 Å². The summed E-state index contributed by atoms with van der Waals surface area (Å²) in [5.74, 6) is 3.24. The SMILES string of the molecule is C#Cc1cc(=O)n(C2CCCC2)c2nc(N3CCC(N(CCc4ccccc4)C(=O)OC(C)(C)C)CC3)ncc12. The summed E-state index contributed by atoms with van der Waals surface area (Å²) < 4.78 is 7.62. The Labute approximate surface area is 236 Å². The van der Waals surface area contributed by atoms with E-state index in [0.717, 1.165) is 50.3 Å². The number of carbonyl (C=O) groups is 1. The van der Waals surface area contributed by atoms with Crippen LogP contribution in [0.3, 0.4) is 0 Å². The molecule has 2 fully saturated rings. The molecule has 8 nitrogen and oxygen atoms in total. The highest BCUT2D eigenvalue weighted by Gasteiger charge is 2.32. The van der Waals surface area contributed by atoms with E-state index in [1.165, 1.54) is 11.6 Å². The van der Waals surface area contributed by atoms with Crippen LogP contribution in [0.5, 0.6) is 0 Å². The minimum Gasteiger partial charge on any atom is -0.444 e. The molecule has 0 bridgehead atoms. The Morgan fingerprint density at radius 2 is 1.82 bits per heavy atom. The van der Waals surface area contributed by atoms with E-state index in [1.807, 2.05) is 48.4 Å². The zero-order chi connectivity index (χ0) is 28.3. The van der Waals surface area contributed by atoms with Gasteiger partial charge in [-0.2, -0.15) is 4.98 Å². The van der Waals surface area contributed by atoms with Gasteiger partial charge in [0.15, 0.2) is 0 Å². The zero-order valence-electron chi connectivity index (χ0n) is 23.8. The van der Waals surface area contributed by atoms with Crippen LogP contribution in [0, 0.1) is 12.3 Å². The lowest BCUT2D eigenvalue weighted by atomic mass is 10.0. The zero-order valence-corrected chi connectivity index (χ0v) is 23.8. The largest absolute Gasteiger partial charge is 0.444 e.